The van der Waals surface area contributed by atoms with Crippen molar-refractivity contribution in [3.63, 3.8) is 0 Å². The van der Waals surface area contributed by atoms with Crippen LogP contribution in [0.4, 0.5) is 13.2 Å². The minimum atomic E-state index is -4.41. The third-order valence-electron chi connectivity index (χ3n) is 2.44. The van der Waals surface area contributed by atoms with Gasteiger partial charge in [-0.25, -0.2) is 0 Å². The summed E-state index contributed by atoms with van der Waals surface area (Å²) in [6, 6.07) is 0. The van der Waals surface area contributed by atoms with E-state index >= 15 is 0 Å². The van der Waals surface area contributed by atoms with Crippen LogP contribution in [-0.2, 0) is 4.79 Å². The molecule has 1 amide bonds. The molecule has 1 aliphatic heterocycles. The summed E-state index contributed by atoms with van der Waals surface area (Å²) in [5, 5.41) is 0. The Labute approximate surface area is 91.4 Å². The molecule has 1 fully saturated rings. The van der Waals surface area contributed by atoms with Crippen LogP contribution in [0, 0.1) is 5.92 Å². The lowest BCUT2D eigenvalue weighted by Crippen LogP contribution is -2.42. The first-order chi connectivity index (χ1) is 6.92. The molecule has 1 rings (SSSR count). The first-order valence-corrected chi connectivity index (χ1v) is 5.36. The van der Waals surface area contributed by atoms with Crippen molar-refractivity contribution >= 4 is 17.5 Å². The average molecular weight is 244 g/mol. The molecule has 1 atom stereocenters. The maximum Gasteiger partial charge on any atom is 0.397 e. The molecule has 0 aromatic rings. The van der Waals surface area contributed by atoms with Gasteiger partial charge in [0.05, 0.1) is 0 Å². The molecule has 1 saturated heterocycles. The third kappa shape index (κ3) is 4.28. The maximum atomic E-state index is 12.0. The summed E-state index contributed by atoms with van der Waals surface area (Å²) in [5.74, 6) is -0.301. The van der Waals surface area contributed by atoms with Crippen LogP contribution in [0.5, 0.6) is 0 Å². The SMILES string of the molecule is O=C(CC(F)(F)F)N1CCCC(CCl)C1. The predicted octanol–water partition coefficient (Wildman–Crippen LogP) is 2.42. The number of carbonyl (C=O) groups excluding carboxylic acids is 1. The fourth-order valence-electron chi connectivity index (χ4n) is 1.70. The van der Waals surface area contributed by atoms with Crippen LogP contribution in [-0.4, -0.2) is 36.0 Å². The highest BCUT2D eigenvalue weighted by Crippen LogP contribution is 2.23. The summed E-state index contributed by atoms with van der Waals surface area (Å²) in [7, 11) is 0. The Morgan fingerprint density at radius 1 is 1.47 bits per heavy atom. The van der Waals surface area contributed by atoms with E-state index in [2.05, 4.69) is 0 Å². The van der Waals surface area contributed by atoms with Crippen molar-refractivity contribution < 1.29 is 18.0 Å². The van der Waals surface area contributed by atoms with E-state index in [0.29, 0.717) is 19.0 Å². The van der Waals surface area contributed by atoms with Crippen molar-refractivity contribution in [2.75, 3.05) is 19.0 Å². The molecule has 0 N–H and O–H groups in total. The molecule has 0 bridgehead atoms. The molecule has 1 aliphatic rings. The number of amides is 1. The summed E-state index contributed by atoms with van der Waals surface area (Å²) >= 11 is 5.62. The van der Waals surface area contributed by atoms with Crippen molar-refractivity contribution in [2.24, 2.45) is 5.92 Å². The smallest absolute Gasteiger partial charge is 0.342 e. The molecule has 1 unspecified atom stereocenters. The maximum absolute atomic E-state index is 12.0. The first kappa shape index (κ1) is 12.6. The Morgan fingerprint density at radius 3 is 2.67 bits per heavy atom. The van der Waals surface area contributed by atoms with Gasteiger partial charge >= 0.3 is 6.18 Å². The number of hydrogen-bond acceptors (Lipinski definition) is 1. The van der Waals surface area contributed by atoms with Gasteiger partial charge in [-0.15, -0.1) is 11.6 Å². The van der Waals surface area contributed by atoms with Gasteiger partial charge in [0.1, 0.15) is 6.42 Å². The largest absolute Gasteiger partial charge is 0.397 e. The Hall–Kier alpha value is -0.450. The predicted molar refractivity (Wildman–Crippen MR) is 50.7 cm³/mol. The fraction of sp³-hybridized carbons (Fsp3) is 0.889. The van der Waals surface area contributed by atoms with Crippen molar-refractivity contribution in [1.29, 1.82) is 0 Å². The van der Waals surface area contributed by atoms with Gasteiger partial charge in [0.2, 0.25) is 5.91 Å². The molecule has 0 radical (unpaired) electrons. The van der Waals surface area contributed by atoms with E-state index in [1.165, 1.54) is 4.90 Å². The molecular formula is C9H13ClF3NO. The highest BCUT2D eigenvalue weighted by atomic mass is 35.5. The minimum absolute atomic E-state index is 0.137. The van der Waals surface area contributed by atoms with Crippen molar-refractivity contribution in [2.45, 2.75) is 25.4 Å². The zero-order valence-corrected chi connectivity index (χ0v) is 8.94. The van der Waals surface area contributed by atoms with Gasteiger partial charge in [0, 0.05) is 19.0 Å². The van der Waals surface area contributed by atoms with Crippen LogP contribution in [0.25, 0.3) is 0 Å². The van der Waals surface area contributed by atoms with Gasteiger partial charge in [-0.3, -0.25) is 4.79 Å². The molecular weight excluding hydrogens is 231 g/mol. The van der Waals surface area contributed by atoms with E-state index in [1.54, 1.807) is 0 Å². The molecule has 0 saturated carbocycles. The Kier molecular flexibility index (Phi) is 4.25. The molecule has 0 aromatic carbocycles. The number of rotatable bonds is 2. The van der Waals surface area contributed by atoms with E-state index in [9.17, 15) is 18.0 Å². The van der Waals surface area contributed by atoms with Crippen LogP contribution >= 0.6 is 11.6 Å². The summed E-state index contributed by atoms with van der Waals surface area (Å²) < 4.78 is 35.9. The first-order valence-electron chi connectivity index (χ1n) is 4.83. The number of hydrogen-bond donors (Lipinski definition) is 0. The van der Waals surface area contributed by atoms with Crippen LogP contribution < -0.4 is 0 Å². The third-order valence-corrected chi connectivity index (χ3v) is 2.88. The van der Waals surface area contributed by atoms with E-state index in [1.807, 2.05) is 0 Å². The van der Waals surface area contributed by atoms with Crippen LogP contribution in [0.2, 0.25) is 0 Å². The molecule has 0 aliphatic carbocycles. The van der Waals surface area contributed by atoms with E-state index in [4.69, 9.17) is 11.6 Å². The fourth-order valence-corrected chi connectivity index (χ4v) is 1.95. The summed E-state index contributed by atoms with van der Waals surface area (Å²) in [6.07, 6.45) is -4.15. The molecule has 0 spiro atoms. The average Bonchev–Trinajstić information content (AvgIpc) is 2.15. The molecule has 15 heavy (non-hydrogen) atoms. The van der Waals surface area contributed by atoms with E-state index in [-0.39, 0.29) is 5.92 Å². The Bertz CT molecular complexity index is 232. The number of halogens is 4. The van der Waals surface area contributed by atoms with Crippen molar-refractivity contribution in [3.05, 3.63) is 0 Å². The Morgan fingerprint density at radius 2 is 2.13 bits per heavy atom. The Balaban J connectivity index is 2.45. The molecule has 0 aromatic heterocycles. The molecule has 6 heteroatoms. The van der Waals surface area contributed by atoms with Gasteiger partial charge in [0.15, 0.2) is 0 Å². The van der Waals surface area contributed by atoms with Gasteiger partial charge in [-0.05, 0) is 18.8 Å². The van der Waals surface area contributed by atoms with Gasteiger partial charge in [0.25, 0.3) is 0 Å². The normalized spacial score (nSPS) is 22.9. The highest BCUT2D eigenvalue weighted by Gasteiger charge is 2.34. The topological polar surface area (TPSA) is 20.3 Å². The number of carbonyl (C=O) groups is 1. The minimum Gasteiger partial charge on any atom is -0.342 e. The zero-order chi connectivity index (χ0) is 11.5. The highest BCUT2D eigenvalue weighted by molar-refractivity contribution is 6.18. The van der Waals surface area contributed by atoms with Crippen LogP contribution in [0.1, 0.15) is 19.3 Å². The summed E-state index contributed by atoms with van der Waals surface area (Å²) in [4.78, 5) is 12.5. The molecule has 1 heterocycles. The quantitative estimate of drug-likeness (QED) is 0.682. The lowest BCUT2D eigenvalue weighted by Gasteiger charge is -2.32. The number of piperidine rings is 1. The summed E-state index contributed by atoms with van der Waals surface area (Å²) in [5.41, 5.74) is 0. The molecule has 88 valence electrons. The number of alkyl halides is 4. The molecule has 2 nitrogen and oxygen atoms in total. The summed E-state index contributed by atoms with van der Waals surface area (Å²) in [6.45, 7) is 0.778. The van der Waals surface area contributed by atoms with Gasteiger partial charge in [-0.1, -0.05) is 0 Å². The van der Waals surface area contributed by atoms with Gasteiger partial charge < -0.3 is 4.90 Å². The lowest BCUT2D eigenvalue weighted by atomic mass is 10.00. The van der Waals surface area contributed by atoms with Crippen molar-refractivity contribution in [3.8, 4) is 0 Å². The van der Waals surface area contributed by atoms with Crippen LogP contribution in [0.3, 0.4) is 0 Å². The second kappa shape index (κ2) is 5.05. The van der Waals surface area contributed by atoms with E-state index in [0.717, 1.165) is 12.8 Å². The van der Waals surface area contributed by atoms with E-state index < -0.39 is 18.5 Å². The number of nitrogens with zero attached hydrogens (tertiary/aromatic N) is 1. The van der Waals surface area contributed by atoms with Crippen LogP contribution in [0.15, 0.2) is 0 Å². The second-order valence-electron chi connectivity index (χ2n) is 3.79. The zero-order valence-electron chi connectivity index (χ0n) is 8.19. The van der Waals surface area contributed by atoms with Gasteiger partial charge in [-0.2, -0.15) is 13.2 Å². The van der Waals surface area contributed by atoms with Crippen molar-refractivity contribution in [1.82, 2.24) is 4.90 Å². The lowest BCUT2D eigenvalue weighted by molar-refractivity contribution is -0.162. The second-order valence-corrected chi connectivity index (χ2v) is 4.10. The number of likely N-dealkylation sites (tertiary alicyclic amines) is 1. The standard InChI is InChI=1S/C9H13ClF3NO/c10-5-7-2-1-3-14(6-7)8(15)4-9(11,12)13/h7H,1-6H2. The monoisotopic (exact) mass is 243 g/mol.